The molecule has 0 spiro atoms. The number of aromatic nitrogens is 3. The van der Waals surface area contributed by atoms with Crippen LogP contribution in [0.25, 0.3) is 11.4 Å². The van der Waals surface area contributed by atoms with Gasteiger partial charge in [-0.15, -0.1) is 11.3 Å². The van der Waals surface area contributed by atoms with Gasteiger partial charge in [-0.05, 0) is 36.4 Å². The monoisotopic (exact) mass is 326 g/mol. The van der Waals surface area contributed by atoms with E-state index in [1.165, 1.54) is 11.3 Å². The summed E-state index contributed by atoms with van der Waals surface area (Å²) in [5, 5.41) is 5.95. The first kappa shape index (κ1) is 14.1. The molecule has 7 heteroatoms. The first-order valence-corrected chi connectivity index (χ1v) is 8.29. The number of thiophene rings is 1. The summed E-state index contributed by atoms with van der Waals surface area (Å²) in [6.45, 7) is 0.717. The molecule has 0 bridgehead atoms. The number of pyridine rings is 1. The summed E-state index contributed by atoms with van der Waals surface area (Å²) >= 11 is 1.45. The first-order valence-electron chi connectivity index (χ1n) is 7.41. The molecule has 0 aromatic carbocycles. The number of nitrogens with zero attached hydrogens (tertiary/aromatic N) is 4. The van der Waals surface area contributed by atoms with Crippen molar-refractivity contribution in [3.8, 4) is 11.4 Å². The maximum Gasteiger partial charge on any atom is 0.264 e. The Balaban J connectivity index is 1.60. The Morgan fingerprint density at radius 1 is 1.30 bits per heavy atom. The van der Waals surface area contributed by atoms with E-state index in [2.05, 4.69) is 15.1 Å². The fraction of sp³-hybridized carbons (Fsp3) is 0.250. The summed E-state index contributed by atoms with van der Waals surface area (Å²) < 4.78 is 5.43. The molecule has 1 atom stereocenters. The summed E-state index contributed by atoms with van der Waals surface area (Å²) in [5.41, 5.74) is 0.851. The van der Waals surface area contributed by atoms with Crippen molar-refractivity contribution in [1.82, 2.24) is 20.0 Å². The molecular formula is C16H14N4O2S. The van der Waals surface area contributed by atoms with Gasteiger partial charge in [0.25, 0.3) is 5.91 Å². The van der Waals surface area contributed by atoms with E-state index in [9.17, 15) is 4.79 Å². The standard InChI is InChI=1S/C16H14N4O2S/c21-16(13-4-2-10-23-13)20-9-1-3-12(20)15-18-14(19-22-15)11-5-7-17-8-6-11/h2,4-8,10,12H,1,3,9H2/t12-/m0/s1. The number of hydrogen-bond donors (Lipinski definition) is 0. The van der Waals surface area contributed by atoms with E-state index in [1.807, 2.05) is 34.5 Å². The van der Waals surface area contributed by atoms with Crippen molar-refractivity contribution in [2.45, 2.75) is 18.9 Å². The number of hydrogen-bond acceptors (Lipinski definition) is 6. The van der Waals surface area contributed by atoms with Crippen LogP contribution in [0.1, 0.15) is 34.4 Å². The average molecular weight is 326 g/mol. The highest BCUT2D eigenvalue weighted by Crippen LogP contribution is 2.33. The third-order valence-corrected chi connectivity index (χ3v) is 4.77. The molecule has 3 aromatic rings. The zero-order valence-electron chi connectivity index (χ0n) is 12.3. The van der Waals surface area contributed by atoms with E-state index in [-0.39, 0.29) is 11.9 Å². The van der Waals surface area contributed by atoms with Crippen LogP contribution in [0.2, 0.25) is 0 Å². The minimum atomic E-state index is -0.146. The quantitative estimate of drug-likeness (QED) is 0.739. The van der Waals surface area contributed by atoms with Crippen LogP contribution in [0.3, 0.4) is 0 Å². The molecule has 1 amide bonds. The second kappa shape index (κ2) is 5.92. The van der Waals surface area contributed by atoms with Crippen molar-refractivity contribution in [3.63, 3.8) is 0 Å². The first-order chi connectivity index (χ1) is 11.3. The van der Waals surface area contributed by atoms with Gasteiger partial charge < -0.3 is 9.42 Å². The van der Waals surface area contributed by atoms with Crippen molar-refractivity contribution < 1.29 is 9.32 Å². The maximum atomic E-state index is 12.6. The lowest BCUT2D eigenvalue weighted by Crippen LogP contribution is -2.30. The molecule has 116 valence electrons. The SMILES string of the molecule is O=C(c1cccs1)N1CCC[C@H]1c1nc(-c2ccncc2)no1. The molecule has 1 aliphatic rings. The van der Waals surface area contributed by atoms with Gasteiger partial charge in [0.1, 0.15) is 6.04 Å². The van der Waals surface area contributed by atoms with Crippen LogP contribution in [-0.2, 0) is 0 Å². The Hall–Kier alpha value is -2.54. The zero-order chi connectivity index (χ0) is 15.6. The Morgan fingerprint density at radius 3 is 2.96 bits per heavy atom. The third-order valence-electron chi connectivity index (χ3n) is 3.91. The van der Waals surface area contributed by atoms with Crippen LogP contribution in [0.5, 0.6) is 0 Å². The molecule has 6 nitrogen and oxygen atoms in total. The number of carbonyl (C=O) groups excluding carboxylic acids is 1. The van der Waals surface area contributed by atoms with E-state index >= 15 is 0 Å². The molecule has 0 saturated carbocycles. The van der Waals surface area contributed by atoms with Crippen LogP contribution in [0.4, 0.5) is 0 Å². The lowest BCUT2D eigenvalue weighted by molar-refractivity contribution is 0.0715. The summed E-state index contributed by atoms with van der Waals surface area (Å²) in [4.78, 5) is 23.6. The van der Waals surface area contributed by atoms with Crippen molar-refractivity contribution >= 4 is 17.2 Å². The molecule has 0 N–H and O–H groups in total. The van der Waals surface area contributed by atoms with E-state index in [4.69, 9.17) is 4.52 Å². The molecule has 3 aromatic heterocycles. The number of amides is 1. The number of carbonyl (C=O) groups is 1. The zero-order valence-corrected chi connectivity index (χ0v) is 13.1. The fourth-order valence-electron chi connectivity index (χ4n) is 2.80. The van der Waals surface area contributed by atoms with Crippen molar-refractivity contribution in [3.05, 3.63) is 52.8 Å². The molecule has 23 heavy (non-hydrogen) atoms. The van der Waals surface area contributed by atoms with Gasteiger partial charge in [0, 0.05) is 24.5 Å². The van der Waals surface area contributed by atoms with Gasteiger partial charge in [-0.2, -0.15) is 4.98 Å². The van der Waals surface area contributed by atoms with Gasteiger partial charge >= 0.3 is 0 Å². The number of rotatable bonds is 3. The summed E-state index contributed by atoms with van der Waals surface area (Å²) in [7, 11) is 0. The molecule has 0 aliphatic carbocycles. The molecule has 0 radical (unpaired) electrons. The maximum absolute atomic E-state index is 12.6. The van der Waals surface area contributed by atoms with Crippen LogP contribution in [0, 0.1) is 0 Å². The fourth-order valence-corrected chi connectivity index (χ4v) is 3.48. The molecule has 4 rings (SSSR count). The predicted octanol–water partition coefficient (Wildman–Crippen LogP) is 3.17. The molecular weight excluding hydrogens is 312 g/mol. The Morgan fingerprint density at radius 2 is 2.17 bits per heavy atom. The Labute approximate surface area is 136 Å². The van der Waals surface area contributed by atoms with Crippen molar-refractivity contribution in [1.29, 1.82) is 0 Å². The van der Waals surface area contributed by atoms with Crippen LogP contribution < -0.4 is 0 Å². The van der Waals surface area contributed by atoms with Crippen LogP contribution in [-0.4, -0.2) is 32.5 Å². The van der Waals surface area contributed by atoms with E-state index < -0.39 is 0 Å². The van der Waals surface area contributed by atoms with Gasteiger partial charge in [-0.25, -0.2) is 0 Å². The molecule has 1 fully saturated rings. The second-order valence-electron chi connectivity index (χ2n) is 5.33. The molecule has 1 aliphatic heterocycles. The van der Waals surface area contributed by atoms with Crippen LogP contribution in [0.15, 0.2) is 46.6 Å². The number of likely N-dealkylation sites (tertiary alicyclic amines) is 1. The van der Waals surface area contributed by atoms with E-state index in [0.717, 1.165) is 23.3 Å². The molecule has 1 saturated heterocycles. The van der Waals surface area contributed by atoms with Gasteiger partial charge in [0.05, 0.1) is 4.88 Å². The van der Waals surface area contributed by atoms with Gasteiger partial charge in [0.2, 0.25) is 11.7 Å². The predicted molar refractivity (Wildman–Crippen MR) is 84.9 cm³/mol. The van der Waals surface area contributed by atoms with Crippen LogP contribution >= 0.6 is 11.3 Å². The van der Waals surface area contributed by atoms with Crippen molar-refractivity contribution in [2.24, 2.45) is 0 Å². The topological polar surface area (TPSA) is 72.1 Å². The van der Waals surface area contributed by atoms with Gasteiger partial charge in [0.15, 0.2) is 0 Å². The summed E-state index contributed by atoms with van der Waals surface area (Å²) in [5.74, 6) is 1.06. The second-order valence-corrected chi connectivity index (χ2v) is 6.27. The normalized spacial score (nSPS) is 17.6. The lowest BCUT2D eigenvalue weighted by atomic mass is 10.2. The highest BCUT2D eigenvalue weighted by Gasteiger charge is 2.34. The minimum absolute atomic E-state index is 0.0335. The summed E-state index contributed by atoms with van der Waals surface area (Å²) in [6, 6.07) is 7.25. The highest BCUT2D eigenvalue weighted by molar-refractivity contribution is 7.12. The largest absolute Gasteiger partial charge is 0.337 e. The lowest BCUT2D eigenvalue weighted by Gasteiger charge is -2.20. The third kappa shape index (κ3) is 2.63. The Bertz CT molecular complexity index is 801. The smallest absolute Gasteiger partial charge is 0.264 e. The minimum Gasteiger partial charge on any atom is -0.337 e. The highest BCUT2D eigenvalue weighted by atomic mass is 32.1. The average Bonchev–Trinajstić information content (AvgIpc) is 3.35. The van der Waals surface area contributed by atoms with Crippen molar-refractivity contribution in [2.75, 3.05) is 6.54 Å². The van der Waals surface area contributed by atoms with Gasteiger partial charge in [-0.3, -0.25) is 9.78 Å². The van der Waals surface area contributed by atoms with E-state index in [1.54, 1.807) is 12.4 Å². The molecule has 0 unspecified atom stereocenters. The van der Waals surface area contributed by atoms with Gasteiger partial charge in [-0.1, -0.05) is 11.2 Å². The molecule has 4 heterocycles. The van der Waals surface area contributed by atoms with E-state index in [0.29, 0.717) is 18.3 Å². The summed E-state index contributed by atoms with van der Waals surface area (Å²) in [6.07, 6.45) is 5.16. The Kier molecular flexibility index (Phi) is 3.63.